The van der Waals surface area contributed by atoms with E-state index in [9.17, 15) is 8.42 Å². The zero-order chi connectivity index (χ0) is 17.3. The first kappa shape index (κ1) is 17.2. The number of rotatable bonds is 4. The Morgan fingerprint density at radius 2 is 1.33 bits per heavy atom. The molecule has 2 aromatic rings. The molecular formula is C20H21ClO2S. The lowest BCUT2D eigenvalue weighted by atomic mass is 9.87. The van der Waals surface area contributed by atoms with Gasteiger partial charge >= 0.3 is 0 Å². The maximum absolute atomic E-state index is 10.9. The van der Waals surface area contributed by atoms with Crippen molar-refractivity contribution in [3.05, 3.63) is 70.2 Å². The lowest BCUT2D eigenvalue weighted by Gasteiger charge is -2.17. The van der Waals surface area contributed by atoms with Crippen molar-refractivity contribution in [2.75, 3.05) is 0 Å². The smallest absolute Gasteiger partial charge is 0.144 e. The Morgan fingerprint density at radius 1 is 0.875 bits per heavy atom. The Labute approximate surface area is 150 Å². The highest BCUT2D eigenvalue weighted by Crippen LogP contribution is 2.49. The van der Waals surface area contributed by atoms with Crippen molar-refractivity contribution in [1.82, 2.24) is 0 Å². The summed E-state index contributed by atoms with van der Waals surface area (Å²) in [5.41, 5.74) is 6.16. The van der Waals surface area contributed by atoms with Crippen LogP contribution in [0.1, 0.15) is 43.4 Å². The van der Waals surface area contributed by atoms with E-state index in [4.69, 9.17) is 11.6 Å². The van der Waals surface area contributed by atoms with Gasteiger partial charge in [-0.1, -0.05) is 61.8 Å². The molecule has 126 valence electrons. The highest BCUT2D eigenvalue weighted by atomic mass is 35.5. The van der Waals surface area contributed by atoms with Gasteiger partial charge < -0.3 is 0 Å². The third-order valence-electron chi connectivity index (χ3n) is 4.48. The van der Waals surface area contributed by atoms with Gasteiger partial charge in [-0.05, 0) is 58.2 Å². The van der Waals surface area contributed by atoms with Crippen LogP contribution in [-0.2, 0) is 16.5 Å². The maximum Gasteiger partial charge on any atom is 0.144 e. The fourth-order valence-electron chi connectivity index (χ4n) is 3.40. The molecule has 0 aromatic heterocycles. The van der Waals surface area contributed by atoms with Crippen LogP contribution in [0.5, 0.6) is 0 Å². The molecular weight excluding hydrogens is 340 g/mol. The van der Waals surface area contributed by atoms with Crippen LogP contribution in [0.2, 0.25) is 5.02 Å². The molecule has 0 spiro atoms. The predicted molar refractivity (Wildman–Crippen MR) is 102 cm³/mol. The number of hydrogen-bond acceptors (Lipinski definition) is 2. The van der Waals surface area contributed by atoms with Gasteiger partial charge in [-0.25, -0.2) is 8.42 Å². The van der Waals surface area contributed by atoms with E-state index in [0.29, 0.717) is 0 Å². The Bertz CT molecular complexity index is 836. The summed E-state index contributed by atoms with van der Waals surface area (Å²) in [5, 5.41) is 0.745. The molecule has 0 saturated carbocycles. The van der Waals surface area contributed by atoms with Crippen molar-refractivity contribution in [2.24, 2.45) is 5.41 Å². The van der Waals surface area contributed by atoms with Crippen molar-refractivity contribution >= 4 is 33.5 Å². The molecule has 4 heteroatoms. The molecule has 1 aliphatic rings. The van der Waals surface area contributed by atoms with Crippen LogP contribution in [0.25, 0.3) is 11.1 Å². The van der Waals surface area contributed by atoms with Gasteiger partial charge in [0.2, 0.25) is 0 Å². The lowest BCUT2D eigenvalue weighted by Crippen LogP contribution is -2.05. The zero-order valence-electron chi connectivity index (χ0n) is 13.9. The highest BCUT2D eigenvalue weighted by molar-refractivity contribution is 7.71. The van der Waals surface area contributed by atoms with Gasteiger partial charge in [-0.2, -0.15) is 0 Å². The standard InChI is InChI=1S/C20H21ClO2S/c1-20(2)11-18(15-5-3-14(4-6-15)13-24(22)23)19(12-20)16-7-9-17(21)10-8-16/h3-10,24H,11-13H2,1-2H3. The van der Waals surface area contributed by atoms with E-state index in [1.54, 1.807) is 0 Å². The Morgan fingerprint density at radius 3 is 1.79 bits per heavy atom. The molecule has 0 atom stereocenters. The number of halogens is 1. The van der Waals surface area contributed by atoms with E-state index in [1.807, 2.05) is 36.4 Å². The van der Waals surface area contributed by atoms with Crippen molar-refractivity contribution in [2.45, 2.75) is 32.4 Å². The summed E-state index contributed by atoms with van der Waals surface area (Å²) in [6.07, 6.45) is 2.04. The van der Waals surface area contributed by atoms with Crippen LogP contribution in [0.15, 0.2) is 48.5 Å². The van der Waals surface area contributed by atoms with E-state index < -0.39 is 10.7 Å². The summed E-state index contributed by atoms with van der Waals surface area (Å²) in [4.78, 5) is 0. The molecule has 0 unspecified atom stereocenters. The molecule has 0 radical (unpaired) electrons. The van der Waals surface area contributed by atoms with Gasteiger partial charge in [-0.3, -0.25) is 0 Å². The first-order valence-electron chi connectivity index (χ1n) is 8.03. The zero-order valence-corrected chi connectivity index (χ0v) is 15.5. The molecule has 0 saturated heterocycles. The van der Waals surface area contributed by atoms with Gasteiger partial charge in [-0.15, -0.1) is 0 Å². The van der Waals surface area contributed by atoms with Crippen molar-refractivity contribution in [3.63, 3.8) is 0 Å². The van der Waals surface area contributed by atoms with Gasteiger partial charge in [0, 0.05) is 5.02 Å². The fourth-order valence-corrected chi connectivity index (χ4v) is 4.03. The average Bonchev–Trinajstić information content (AvgIpc) is 2.84. The molecule has 0 N–H and O–H groups in total. The highest BCUT2D eigenvalue weighted by Gasteiger charge is 2.31. The number of thiol groups is 1. The Kier molecular flexibility index (Phi) is 4.84. The summed E-state index contributed by atoms with van der Waals surface area (Å²) in [6, 6.07) is 15.9. The fraction of sp³-hybridized carbons (Fsp3) is 0.300. The SMILES string of the molecule is CC1(C)CC(c2ccc(Cl)cc2)=C(c2ccc(C[SH](=O)=O)cc2)C1. The molecule has 0 heterocycles. The first-order chi connectivity index (χ1) is 11.3. The van der Waals surface area contributed by atoms with Crippen LogP contribution < -0.4 is 0 Å². The number of benzene rings is 2. The minimum atomic E-state index is -2.38. The third kappa shape index (κ3) is 3.90. The van der Waals surface area contributed by atoms with Gasteiger partial charge in [0.25, 0.3) is 0 Å². The minimum Gasteiger partial charge on any atom is -0.232 e. The van der Waals surface area contributed by atoms with E-state index >= 15 is 0 Å². The van der Waals surface area contributed by atoms with Crippen LogP contribution in [0.4, 0.5) is 0 Å². The van der Waals surface area contributed by atoms with Crippen molar-refractivity contribution < 1.29 is 8.42 Å². The second kappa shape index (κ2) is 6.73. The molecule has 2 nitrogen and oxygen atoms in total. The quantitative estimate of drug-likeness (QED) is 0.762. The largest absolute Gasteiger partial charge is 0.232 e. The maximum atomic E-state index is 10.9. The summed E-state index contributed by atoms with van der Waals surface area (Å²) in [7, 11) is -2.38. The summed E-state index contributed by atoms with van der Waals surface area (Å²) < 4.78 is 21.8. The van der Waals surface area contributed by atoms with Gasteiger partial charge in [0.1, 0.15) is 10.7 Å². The molecule has 0 bridgehead atoms. The summed E-state index contributed by atoms with van der Waals surface area (Å²) in [5.74, 6) is 0.101. The normalized spacial score (nSPS) is 16.8. The lowest BCUT2D eigenvalue weighted by molar-refractivity contribution is 0.406. The van der Waals surface area contributed by atoms with Crippen LogP contribution >= 0.6 is 11.6 Å². The van der Waals surface area contributed by atoms with Gasteiger partial charge in [0.05, 0.1) is 5.75 Å². The van der Waals surface area contributed by atoms with E-state index in [2.05, 4.69) is 26.0 Å². The summed E-state index contributed by atoms with van der Waals surface area (Å²) >= 11 is 6.02. The van der Waals surface area contributed by atoms with Crippen LogP contribution in [0.3, 0.4) is 0 Å². The Balaban J connectivity index is 2.00. The summed E-state index contributed by atoms with van der Waals surface area (Å²) in [6.45, 7) is 4.57. The van der Waals surface area contributed by atoms with Crippen LogP contribution in [-0.4, -0.2) is 8.42 Å². The Hall–Kier alpha value is -1.58. The number of allylic oxidation sites excluding steroid dienone is 2. The molecule has 0 fully saturated rings. The van der Waals surface area contributed by atoms with E-state index in [-0.39, 0.29) is 11.2 Å². The molecule has 0 aliphatic heterocycles. The predicted octanol–water partition coefficient (Wildman–Crippen LogP) is 5.18. The monoisotopic (exact) mass is 360 g/mol. The van der Waals surface area contributed by atoms with Gasteiger partial charge in [0.15, 0.2) is 0 Å². The topological polar surface area (TPSA) is 34.1 Å². The van der Waals surface area contributed by atoms with Crippen molar-refractivity contribution in [1.29, 1.82) is 0 Å². The van der Waals surface area contributed by atoms with Crippen LogP contribution in [0, 0.1) is 5.41 Å². The second-order valence-electron chi connectivity index (χ2n) is 7.17. The molecule has 2 aromatic carbocycles. The molecule has 24 heavy (non-hydrogen) atoms. The molecule has 1 aliphatic carbocycles. The molecule has 3 rings (SSSR count). The molecule has 0 amide bonds. The third-order valence-corrected chi connectivity index (χ3v) is 5.36. The first-order valence-corrected chi connectivity index (χ1v) is 9.77. The van der Waals surface area contributed by atoms with Crippen molar-refractivity contribution in [3.8, 4) is 0 Å². The second-order valence-corrected chi connectivity index (χ2v) is 8.59. The van der Waals surface area contributed by atoms with E-state index in [1.165, 1.54) is 22.3 Å². The average molecular weight is 361 g/mol. The van der Waals surface area contributed by atoms with E-state index in [0.717, 1.165) is 23.4 Å². The number of hydrogen-bond donors (Lipinski definition) is 1. The minimum absolute atomic E-state index is 0.101.